The van der Waals surface area contributed by atoms with Crippen LogP contribution in [0.5, 0.6) is 5.75 Å². The van der Waals surface area contributed by atoms with Gasteiger partial charge in [-0.1, -0.05) is 11.6 Å². The van der Waals surface area contributed by atoms with Gasteiger partial charge in [-0.2, -0.15) is 17.0 Å². The van der Waals surface area contributed by atoms with Crippen molar-refractivity contribution < 1.29 is 17.9 Å². The fraction of sp³-hybridized carbons (Fsp3) is 0.533. The van der Waals surface area contributed by atoms with E-state index in [4.69, 9.17) is 16.3 Å². The molecule has 0 bridgehead atoms. The Labute approximate surface area is 147 Å². The monoisotopic (exact) mass is 375 g/mol. The fourth-order valence-corrected chi connectivity index (χ4v) is 3.67. The predicted molar refractivity (Wildman–Crippen MR) is 92.3 cm³/mol. The second-order valence-corrected chi connectivity index (χ2v) is 8.35. The van der Waals surface area contributed by atoms with Gasteiger partial charge in [0, 0.05) is 38.2 Å². The Bertz CT molecular complexity index is 656. The van der Waals surface area contributed by atoms with Crippen LogP contribution in [0, 0.1) is 0 Å². The smallest absolute Gasteiger partial charge is 0.281 e. The summed E-state index contributed by atoms with van der Waals surface area (Å²) in [6.45, 7) is 0.699. The highest BCUT2D eigenvalue weighted by Gasteiger charge is 2.29. The summed E-state index contributed by atoms with van der Waals surface area (Å²) in [6.07, 6.45) is 1.17. The molecule has 0 radical (unpaired) electrons. The van der Waals surface area contributed by atoms with E-state index >= 15 is 0 Å². The summed E-state index contributed by atoms with van der Waals surface area (Å²) < 4.78 is 32.1. The van der Waals surface area contributed by atoms with Crippen molar-refractivity contribution in [3.8, 4) is 5.75 Å². The topological polar surface area (TPSA) is 79.0 Å². The molecule has 0 unspecified atom stereocenters. The number of hydrogen-bond donors (Lipinski definition) is 1. The number of nitrogens with zero attached hydrogens (tertiary/aromatic N) is 2. The van der Waals surface area contributed by atoms with Crippen molar-refractivity contribution >= 4 is 27.7 Å². The van der Waals surface area contributed by atoms with Crippen molar-refractivity contribution in [2.45, 2.75) is 18.9 Å². The maximum atomic E-state index is 12.0. The molecule has 0 spiro atoms. The van der Waals surface area contributed by atoms with Crippen LogP contribution >= 0.6 is 11.6 Å². The molecule has 1 aromatic carbocycles. The van der Waals surface area contributed by atoms with Crippen LogP contribution in [0.2, 0.25) is 5.02 Å². The van der Waals surface area contributed by atoms with Gasteiger partial charge in [0.1, 0.15) is 5.75 Å². The predicted octanol–water partition coefficient (Wildman–Crippen LogP) is 1.11. The number of nitrogens with one attached hydrogen (secondary N) is 1. The van der Waals surface area contributed by atoms with Gasteiger partial charge in [0.2, 0.25) is 0 Å². The van der Waals surface area contributed by atoms with E-state index in [0.29, 0.717) is 36.7 Å². The fourth-order valence-electron chi connectivity index (χ4n) is 2.41. The number of piperidine rings is 1. The van der Waals surface area contributed by atoms with Crippen LogP contribution in [0.1, 0.15) is 12.8 Å². The van der Waals surface area contributed by atoms with Gasteiger partial charge in [-0.25, -0.2) is 0 Å². The van der Waals surface area contributed by atoms with Crippen LogP contribution in [0.3, 0.4) is 0 Å². The Morgan fingerprint density at radius 1 is 1.29 bits per heavy atom. The van der Waals surface area contributed by atoms with Crippen LogP contribution in [-0.4, -0.2) is 62.8 Å². The lowest BCUT2D eigenvalue weighted by Gasteiger charge is -2.33. The third-order valence-electron chi connectivity index (χ3n) is 3.79. The highest BCUT2D eigenvalue weighted by atomic mass is 35.5. The number of rotatable bonds is 6. The molecule has 1 saturated heterocycles. The normalized spacial score (nSPS) is 17.0. The summed E-state index contributed by atoms with van der Waals surface area (Å²) in [4.78, 5) is 11.9. The second-order valence-electron chi connectivity index (χ2n) is 5.77. The Morgan fingerprint density at radius 3 is 2.42 bits per heavy atom. The molecule has 24 heavy (non-hydrogen) atoms. The molecule has 0 aromatic heterocycles. The number of ether oxygens (including phenoxy) is 1. The SMILES string of the molecule is CN(C)S(=O)(=O)N1CCC(NC(=O)COc2ccc(Cl)cc2)CC1. The molecule has 0 atom stereocenters. The second kappa shape index (κ2) is 8.15. The molecule has 1 aromatic rings. The van der Waals surface area contributed by atoms with Gasteiger partial charge in [0.15, 0.2) is 6.61 Å². The van der Waals surface area contributed by atoms with Gasteiger partial charge in [-0.3, -0.25) is 4.79 Å². The summed E-state index contributed by atoms with van der Waals surface area (Å²) in [5.41, 5.74) is 0. The van der Waals surface area contributed by atoms with E-state index in [-0.39, 0.29) is 18.6 Å². The van der Waals surface area contributed by atoms with Gasteiger partial charge >= 0.3 is 0 Å². The van der Waals surface area contributed by atoms with Crippen LogP contribution in [0.4, 0.5) is 0 Å². The number of carbonyl (C=O) groups is 1. The lowest BCUT2D eigenvalue weighted by molar-refractivity contribution is -0.124. The zero-order chi connectivity index (χ0) is 17.7. The number of amides is 1. The largest absolute Gasteiger partial charge is 0.484 e. The van der Waals surface area contributed by atoms with Gasteiger partial charge in [-0.05, 0) is 37.1 Å². The van der Waals surface area contributed by atoms with E-state index < -0.39 is 10.2 Å². The molecule has 1 amide bonds. The van der Waals surface area contributed by atoms with Crippen molar-refractivity contribution in [1.82, 2.24) is 13.9 Å². The molecule has 0 saturated carbocycles. The molecule has 9 heteroatoms. The standard InChI is InChI=1S/C15H22ClN3O4S/c1-18(2)24(21,22)19-9-7-13(8-10-19)17-15(20)11-23-14-5-3-12(16)4-6-14/h3-6,13H,7-11H2,1-2H3,(H,17,20). The van der Waals surface area contributed by atoms with E-state index in [1.807, 2.05) is 0 Å². The molecular weight excluding hydrogens is 354 g/mol. The van der Waals surface area contributed by atoms with E-state index in [1.54, 1.807) is 24.3 Å². The third-order valence-corrected chi connectivity index (χ3v) is 5.98. The number of hydrogen-bond acceptors (Lipinski definition) is 4. The van der Waals surface area contributed by atoms with Crippen LogP contribution in [-0.2, 0) is 15.0 Å². The van der Waals surface area contributed by atoms with E-state index in [2.05, 4.69) is 5.32 Å². The summed E-state index contributed by atoms with van der Waals surface area (Å²) in [7, 11) is -0.361. The van der Waals surface area contributed by atoms with Crippen molar-refractivity contribution in [2.75, 3.05) is 33.8 Å². The van der Waals surface area contributed by atoms with Crippen molar-refractivity contribution in [3.63, 3.8) is 0 Å². The molecule has 2 rings (SSSR count). The molecule has 0 aliphatic carbocycles. The molecular formula is C15H22ClN3O4S. The zero-order valence-corrected chi connectivity index (χ0v) is 15.3. The highest BCUT2D eigenvalue weighted by Crippen LogP contribution is 2.17. The first-order chi connectivity index (χ1) is 11.3. The van der Waals surface area contributed by atoms with Crippen LogP contribution in [0.15, 0.2) is 24.3 Å². The van der Waals surface area contributed by atoms with Gasteiger partial charge in [0.05, 0.1) is 0 Å². The van der Waals surface area contributed by atoms with Crippen molar-refractivity contribution in [2.24, 2.45) is 0 Å². The van der Waals surface area contributed by atoms with E-state index in [0.717, 1.165) is 0 Å². The van der Waals surface area contributed by atoms with E-state index in [1.165, 1.54) is 22.7 Å². The molecule has 1 heterocycles. The Balaban J connectivity index is 1.75. The quantitative estimate of drug-likeness (QED) is 0.807. The first kappa shape index (κ1) is 19.0. The van der Waals surface area contributed by atoms with Crippen LogP contribution in [0.25, 0.3) is 0 Å². The summed E-state index contributed by atoms with van der Waals surface area (Å²) in [5.74, 6) is 0.348. The average Bonchev–Trinajstić information content (AvgIpc) is 2.54. The Kier molecular flexibility index (Phi) is 6.45. The Morgan fingerprint density at radius 2 is 1.88 bits per heavy atom. The zero-order valence-electron chi connectivity index (χ0n) is 13.7. The minimum Gasteiger partial charge on any atom is -0.484 e. The summed E-state index contributed by atoms with van der Waals surface area (Å²) >= 11 is 5.78. The molecule has 1 aliphatic rings. The van der Waals surface area contributed by atoms with Crippen LogP contribution < -0.4 is 10.1 Å². The summed E-state index contributed by atoms with van der Waals surface area (Å²) in [5, 5.41) is 3.48. The van der Waals surface area contributed by atoms with E-state index in [9.17, 15) is 13.2 Å². The first-order valence-electron chi connectivity index (χ1n) is 7.64. The maximum absolute atomic E-state index is 12.0. The maximum Gasteiger partial charge on any atom is 0.281 e. The molecule has 7 nitrogen and oxygen atoms in total. The van der Waals surface area contributed by atoms with Gasteiger partial charge < -0.3 is 10.1 Å². The molecule has 1 fully saturated rings. The van der Waals surface area contributed by atoms with Crippen molar-refractivity contribution in [1.29, 1.82) is 0 Å². The minimum atomic E-state index is -3.38. The van der Waals surface area contributed by atoms with Gasteiger partial charge in [-0.15, -0.1) is 0 Å². The molecule has 1 aliphatic heterocycles. The number of carbonyl (C=O) groups excluding carboxylic acids is 1. The van der Waals surface area contributed by atoms with Gasteiger partial charge in [0.25, 0.3) is 16.1 Å². The lowest BCUT2D eigenvalue weighted by atomic mass is 10.1. The minimum absolute atomic E-state index is 0.0417. The highest BCUT2D eigenvalue weighted by molar-refractivity contribution is 7.86. The Hall–Kier alpha value is -1.35. The molecule has 134 valence electrons. The third kappa shape index (κ3) is 5.07. The number of halogens is 1. The first-order valence-corrected chi connectivity index (χ1v) is 9.42. The number of benzene rings is 1. The summed E-state index contributed by atoms with van der Waals surface area (Å²) in [6, 6.07) is 6.73. The molecule has 1 N–H and O–H groups in total. The van der Waals surface area contributed by atoms with Crippen molar-refractivity contribution in [3.05, 3.63) is 29.3 Å². The average molecular weight is 376 g/mol. The lowest BCUT2D eigenvalue weighted by Crippen LogP contribution is -2.49.